The van der Waals surface area contributed by atoms with Crippen LogP contribution in [0.4, 0.5) is 14.9 Å². The van der Waals surface area contributed by atoms with Crippen molar-refractivity contribution < 1.29 is 9.90 Å². The van der Waals surface area contributed by atoms with Gasteiger partial charge in [0, 0.05) is 25.7 Å². The van der Waals surface area contributed by atoms with E-state index in [4.69, 9.17) is 10.8 Å². The predicted octanol–water partition coefficient (Wildman–Crippen LogP) is 0.914. The summed E-state index contributed by atoms with van der Waals surface area (Å²) in [5, 5.41) is 10.5. The Hall–Kier alpha value is -1.50. The van der Waals surface area contributed by atoms with Gasteiger partial charge in [0.15, 0.2) is 5.13 Å². The van der Waals surface area contributed by atoms with Crippen molar-refractivity contribution in [3.63, 3.8) is 0 Å². The van der Waals surface area contributed by atoms with Crippen molar-refractivity contribution in [3.8, 4) is 0 Å². The molecule has 1 atom stereocenters. The third-order valence-corrected chi connectivity index (χ3v) is 3.58. The molecule has 1 amide bonds. The maximum atomic E-state index is 10.9. The van der Waals surface area contributed by atoms with Crippen molar-refractivity contribution in [1.29, 1.82) is 0 Å². The van der Waals surface area contributed by atoms with Crippen LogP contribution in [-0.4, -0.2) is 46.8 Å². The van der Waals surface area contributed by atoms with Gasteiger partial charge in [-0.15, -0.1) is 0 Å². The van der Waals surface area contributed by atoms with E-state index in [1.54, 1.807) is 6.20 Å². The molecular formula is C9H14N4O2S. The van der Waals surface area contributed by atoms with Gasteiger partial charge in [0.1, 0.15) is 5.00 Å². The molecular weight excluding hydrogens is 228 g/mol. The summed E-state index contributed by atoms with van der Waals surface area (Å²) in [6.45, 7) is 3.81. The molecule has 1 aliphatic rings. The Kier molecular flexibility index (Phi) is 2.86. The van der Waals surface area contributed by atoms with E-state index < -0.39 is 6.09 Å². The summed E-state index contributed by atoms with van der Waals surface area (Å²) in [6, 6.07) is -0.00502. The number of nitrogen functional groups attached to an aromatic ring is 1. The standard InChI is InChI=1S/C9H14N4O2S/c1-6-5-12(2-3-13(6)9(14)15)7-4-11-8(10)16-7/h4,6H,2-3,5H2,1H3,(H2,10,11)(H,14,15)/t6-/m0/s1. The second-order valence-corrected chi connectivity index (χ2v) is 4.85. The summed E-state index contributed by atoms with van der Waals surface area (Å²) < 4.78 is 0. The molecule has 6 nitrogen and oxygen atoms in total. The molecule has 16 heavy (non-hydrogen) atoms. The summed E-state index contributed by atoms with van der Waals surface area (Å²) in [6.07, 6.45) is 0.888. The van der Waals surface area contributed by atoms with Gasteiger partial charge in [0.05, 0.1) is 6.20 Å². The van der Waals surface area contributed by atoms with Gasteiger partial charge in [-0.2, -0.15) is 0 Å². The van der Waals surface area contributed by atoms with E-state index in [0.29, 0.717) is 24.8 Å². The van der Waals surface area contributed by atoms with Gasteiger partial charge in [-0.25, -0.2) is 9.78 Å². The number of carbonyl (C=O) groups is 1. The third-order valence-electron chi connectivity index (χ3n) is 2.70. The fraction of sp³-hybridized carbons (Fsp3) is 0.556. The molecule has 0 spiro atoms. The molecule has 88 valence electrons. The van der Waals surface area contributed by atoms with Crippen LogP contribution in [0.2, 0.25) is 0 Å². The van der Waals surface area contributed by atoms with Crippen LogP contribution in [0.25, 0.3) is 0 Å². The lowest BCUT2D eigenvalue weighted by molar-refractivity contribution is 0.123. The smallest absolute Gasteiger partial charge is 0.407 e. The van der Waals surface area contributed by atoms with Crippen LogP contribution in [0, 0.1) is 0 Å². The van der Waals surface area contributed by atoms with Crippen LogP contribution in [0.15, 0.2) is 6.20 Å². The minimum atomic E-state index is -0.851. The summed E-state index contributed by atoms with van der Waals surface area (Å²) in [5.41, 5.74) is 5.57. The molecule has 1 aromatic rings. The SMILES string of the molecule is C[C@H]1CN(c2cnc(N)s2)CCN1C(=O)O. The van der Waals surface area contributed by atoms with E-state index in [2.05, 4.69) is 9.88 Å². The number of piperazine rings is 1. The molecule has 1 aliphatic heterocycles. The average molecular weight is 242 g/mol. The van der Waals surface area contributed by atoms with Crippen LogP contribution in [0.1, 0.15) is 6.92 Å². The minimum Gasteiger partial charge on any atom is -0.465 e. The lowest BCUT2D eigenvalue weighted by Crippen LogP contribution is -2.53. The van der Waals surface area contributed by atoms with Crippen LogP contribution >= 0.6 is 11.3 Å². The Morgan fingerprint density at radius 2 is 2.44 bits per heavy atom. The number of thiazole rings is 1. The lowest BCUT2D eigenvalue weighted by Gasteiger charge is -2.38. The fourth-order valence-corrected chi connectivity index (χ4v) is 2.59. The molecule has 0 radical (unpaired) electrons. The lowest BCUT2D eigenvalue weighted by atomic mass is 10.2. The summed E-state index contributed by atoms with van der Waals surface area (Å²) >= 11 is 1.43. The molecule has 0 bridgehead atoms. The molecule has 0 saturated carbocycles. The number of carboxylic acid groups (broad SMARTS) is 1. The molecule has 0 unspecified atom stereocenters. The van der Waals surface area contributed by atoms with E-state index in [1.807, 2.05) is 6.92 Å². The topological polar surface area (TPSA) is 82.7 Å². The van der Waals surface area contributed by atoms with Gasteiger partial charge in [0.25, 0.3) is 0 Å². The van der Waals surface area contributed by atoms with Crippen molar-refractivity contribution in [2.45, 2.75) is 13.0 Å². The van der Waals surface area contributed by atoms with Crippen molar-refractivity contribution >= 4 is 27.6 Å². The highest BCUT2D eigenvalue weighted by molar-refractivity contribution is 7.19. The number of nitrogens with two attached hydrogens (primary N) is 1. The maximum absolute atomic E-state index is 10.9. The van der Waals surface area contributed by atoms with E-state index in [1.165, 1.54) is 16.2 Å². The number of amides is 1. The van der Waals surface area contributed by atoms with E-state index in [9.17, 15) is 4.79 Å². The first-order chi connectivity index (χ1) is 7.58. The van der Waals surface area contributed by atoms with Crippen LogP contribution < -0.4 is 10.6 Å². The van der Waals surface area contributed by atoms with Crippen molar-refractivity contribution in [3.05, 3.63) is 6.20 Å². The number of hydrogen-bond acceptors (Lipinski definition) is 5. The first-order valence-corrected chi connectivity index (χ1v) is 5.85. The highest BCUT2D eigenvalue weighted by atomic mass is 32.1. The maximum Gasteiger partial charge on any atom is 0.407 e. The van der Waals surface area contributed by atoms with Crippen molar-refractivity contribution in [2.75, 3.05) is 30.3 Å². The van der Waals surface area contributed by atoms with Crippen LogP contribution in [0.5, 0.6) is 0 Å². The summed E-state index contributed by atoms with van der Waals surface area (Å²) in [7, 11) is 0. The van der Waals surface area contributed by atoms with Gasteiger partial charge in [-0.3, -0.25) is 0 Å². The zero-order valence-corrected chi connectivity index (χ0v) is 9.78. The van der Waals surface area contributed by atoms with Crippen molar-refractivity contribution in [2.24, 2.45) is 0 Å². The third kappa shape index (κ3) is 2.04. The Morgan fingerprint density at radius 3 is 2.94 bits per heavy atom. The molecule has 1 aromatic heterocycles. The number of hydrogen-bond donors (Lipinski definition) is 2. The molecule has 0 aliphatic carbocycles. The second kappa shape index (κ2) is 4.17. The van der Waals surface area contributed by atoms with Gasteiger partial charge in [-0.05, 0) is 6.92 Å². The monoisotopic (exact) mass is 242 g/mol. The Bertz CT molecular complexity index is 395. The first kappa shape index (κ1) is 11.0. The Labute approximate surface area is 97.3 Å². The Morgan fingerprint density at radius 1 is 1.69 bits per heavy atom. The molecule has 3 N–H and O–H groups in total. The molecule has 7 heteroatoms. The highest BCUT2D eigenvalue weighted by Gasteiger charge is 2.27. The van der Waals surface area contributed by atoms with Gasteiger partial charge in [0.2, 0.25) is 0 Å². The minimum absolute atomic E-state index is 0.00502. The normalized spacial score (nSPS) is 21.2. The van der Waals surface area contributed by atoms with Gasteiger partial charge in [-0.1, -0.05) is 11.3 Å². The number of nitrogens with zero attached hydrogens (tertiary/aromatic N) is 3. The number of aromatic nitrogens is 1. The average Bonchev–Trinajstić information content (AvgIpc) is 2.64. The fourth-order valence-electron chi connectivity index (χ4n) is 1.87. The van der Waals surface area contributed by atoms with Gasteiger partial charge < -0.3 is 20.6 Å². The zero-order chi connectivity index (χ0) is 11.7. The van der Waals surface area contributed by atoms with E-state index >= 15 is 0 Å². The molecule has 0 aromatic carbocycles. The summed E-state index contributed by atoms with van der Waals surface area (Å²) in [4.78, 5) is 18.5. The zero-order valence-electron chi connectivity index (χ0n) is 8.96. The molecule has 1 saturated heterocycles. The molecule has 2 heterocycles. The van der Waals surface area contributed by atoms with E-state index in [0.717, 1.165) is 5.00 Å². The predicted molar refractivity (Wildman–Crippen MR) is 62.9 cm³/mol. The highest BCUT2D eigenvalue weighted by Crippen LogP contribution is 2.26. The second-order valence-electron chi connectivity index (χ2n) is 3.81. The van der Waals surface area contributed by atoms with Gasteiger partial charge >= 0.3 is 6.09 Å². The largest absolute Gasteiger partial charge is 0.465 e. The van der Waals surface area contributed by atoms with E-state index in [-0.39, 0.29) is 6.04 Å². The number of rotatable bonds is 1. The Balaban J connectivity index is 2.05. The molecule has 2 rings (SSSR count). The quantitative estimate of drug-likeness (QED) is 0.765. The molecule has 1 fully saturated rings. The number of anilines is 2. The van der Waals surface area contributed by atoms with Crippen LogP contribution in [-0.2, 0) is 0 Å². The van der Waals surface area contributed by atoms with Crippen LogP contribution in [0.3, 0.4) is 0 Å². The first-order valence-electron chi connectivity index (χ1n) is 5.03. The summed E-state index contributed by atoms with van der Waals surface area (Å²) in [5.74, 6) is 0. The van der Waals surface area contributed by atoms with Crippen molar-refractivity contribution in [1.82, 2.24) is 9.88 Å².